The largest absolute Gasteiger partial charge is 0.454 e. The lowest BCUT2D eigenvalue weighted by Crippen LogP contribution is -2.50. The van der Waals surface area contributed by atoms with Crippen molar-refractivity contribution in [3.8, 4) is 0 Å². The summed E-state index contributed by atoms with van der Waals surface area (Å²) < 4.78 is 47.2. The molecule has 2 aliphatic heterocycles. The number of likely N-dealkylation sites (tertiary alicyclic amines) is 1. The molecular weight excluding hydrogens is 435 g/mol. The highest BCUT2D eigenvalue weighted by molar-refractivity contribution is 7.89. The van der Waals surface area contributed by atoms with Gasteiger partial charge in [-0.2, -0.15) is 4.31 Å². The van der Waals surface area contributed by atoms with Crippen molar-refractivity contribution >= 4 is 21.9 Å². The number of piperidine rings is 1. The molecule has 0 radical (unpaired) electrons. The number of ether oxygens (including phenoxy) is 1. The van der Waals surface area contributed by atoms with Crippen LogP contribution < -0.4 is 0 Å². The number of fused-ring (bicyclic) bond motifs is 1. The van der Waals surface area contributed by atoms with Crippen LogP contribution in [0.2, 0.25) is 0 Å². The van der Waals surface area contributed by atoms with Crippen LogP contribution in [0.5, 0.6) is 0 Å². The minimum atomic E-state index is -4.33. The maximum Gasteiger partial charge on any atom is 0.325 e. The first-order valence-electron chi connectivity index (χ1n) is 10.7. The van der Waals surface area contributed by atoms with Gasteiger partial charge in [-0.15, -0.1) is 0 Å². The number of sulfonamides is 1. The summed E-state index contributed by atoms with van der Waals surface area (Å²) in [4.78, 5) is 26.5. The number of carbonyl (C=O) groups excluding carboxylic acids is 2. The van der Waals surface area contributed by atoms with E-state index in [0.29, 0.717) is 13.1 Å². The lowest BCUT2D eigenvalue weighted by atomic mass is 9.96. The molecule has 32 heavy (non-hydrogen) atoms. The molecule has 0 bridgehead atoms. The molecule has 2 aromatic rings. The number of esters is 1. The number of hydrogen-bond acceptors (Lipinski definition) is 5. The molecule has 0 unspecified atom stereocenters. The van der Waals surface area contributed by atoms with E-state index in [9.17, 15) is 22.4 Å². The SMILES string of the molecule is O=C(OCC(=O)N1CCCCC1)[C@H]1Cc2ccccc2CN1S(=O)(=O)c1ccccc1F. The first-order valence-corrected chi connectivity index (χ1v) is 12.1. The summed E-state index contributed by atoms with van der Waals surface area (Å²) in [6, 6.07) is 11.1. The zero-order valence-corrected chi connectivity index (χ0v) is 18.4. The van der Waals surface area contributed by atoms with Crippen LogP contribution in [0.4, 0.5) is 4.39 Å². The van der Waals surface area contributed by atoms with E-state index in [4.69, 9.17) is 4.74 Å². The molecule has 0 saturated carbocycles. The summed E-state index contributed by atoms with van der Waals surface area (Å²) in [6.07, 6.45) is 2.97. The molecule has 0 spiro atoms. The topological polar surface area (TPSA) is 84.0 Å². The molecule has 2 aliphatic rings. The molecule has 1 saturated heterocycles. The van der Waals surface area contributed by atoms with Crippen LogP contribution in [0.25, 0.3) is 0 Å². The summed E-state index contributed by atoms with van der Waals surface area (Å²) in [5.74, 6) is -2.00. The Labute approximate surface area is 186 Å². The van der Waals surface area contributed by atoms with E-state index in [1.165, 1.54) is 18.2 Å². The van der Waals surface area contributed by atoms with Gasteiger partial charge in [0.05, 0.1) is 0 Å². The quantitative estimate of drug-likeness (QED) is 0.641. The summed E-state index contributed by atoms with van der Waals surface area (Å²) in [5, 5.41) is 0. The number of amides is 1. The molecule has 0 aromatic heterocycles. The number of rotatable bonds is 5. The second-order valence-corrected chi connectivity index (χ2v) is 9.88. The molecule has 0 N–H and O–H groups in total. The minimum Gasteiger partial charge on any atom is -0.454 e. The Kier molecular flexibility index (Phi) is 6.57. The number of carbonyl (C=O) groups is 2. The minimum absolute atomic E-state index is 0.0839. The highest BCUT2D eigenvalue weighted by atomic mass is 32.2. The zero-order chi connectivity index (χ0) is 22.7. The fraction of sp³-hybridized carbons (Fsp3) is 0.391. The average Bonchev–Trinajstić information content (AvgIpc) is 2.82. The van der Waals surface area contributed by atoms with Gasteiger partial charge in [0, 0.05) is 26.1 Å². The van der Waals surface area contributed by atoms with Gasteiger partial charge in [0.1, 0.15) is 16.8 Å². The van der Waals surface area contributed by atoms with Gasteiger partial charge < -0.3 is 9.64 Å². The van der Waals surface area contributed by atoms with Crippen LogP contribution in [0.3, 0.4) is 0 Å². The van der Waals surface area contributed by atoms with Crippen LogP contribution in [0, 0.1) is 5.82 Å². The van der Waals surface area contributed by atoms with E-state index in [0.717, 1.165) is 40.8 Å². The second kappa shape index (κ2) is 9.38. The third-order valence-electron chi connectivity index (χ3n) is 5.95. The Morgan fingerprint density at radius 1 is 0.969 bits per heavy atom. The van der Waals surface area contributed by atoms with Crippen molar-refractivity contribution < 1.29 is 27.1 Å². The van der Waals surface area contributed by atoms with E-state index in [1.807, 2.05) is 12.1 Å². The normalized spacial score (nSPS) is 19.3. The van der Waals surface area contributed by atoms with E-state index in [2.05, 4.69) is 0 Å². The fourth-order valence-corrected chi connectivity index (χ4v) is 5.82. The van der Waals surface area contributed by atoms with E-state index >= 15 is 0 Å². The first-order chi connectivity index (χ1) is 15.4. The molecule has 1 amide bonds. The molecule has 1 atom stereocenters. The van der Waals surface area contributed by atoms with Gasteiger partial charge in [0.15, 0.2) is 6.61 Å². The number of nitrogens with zero attached hydrogens (tertiary/aromatic N) is 2. The van der Waals surface area contributed by atoms with Crippen molar-refractivity contribution in [3.63, 3.8) is 0 Å². The first kappa shape index (κ1) is 22.4. The molecular formula is C23H25FN2O5S. The highest BCUT2D eigenvalue weighted by Crippen LogP contribution is 2.30. The monoisotopic (exact) mass is 460 g/mol. The summed E-state index contributed by atoms with van der Waals surface area (Å²) in [5.41, 5.74) is 1.55. The van der Waals surface area contributed by atoms with Gasteiger partial charge in [-0.05, 0) is 42.5 Å². The summed E-state index contributed by atoms with van der Waals surface area (Å²) in [7, 11) is -4.33. The summed E-state index contributed by atoms with van der Waals surface area (Å²) in [6.45, 7) is 0.721. The van der Waals surface area contributed by atoms with Gasteiger partial charge in [-0.3, -0.25) is 9.59 Å². The molecule has 0 aliphatic carbocycles. The van der Waals surface area contributed by atoms with Gasteiger partial charge >= 0.3 is 5.97 Å². The van der Waals surface area contributed by atoms with Crippen molar-refractivity contribution in [3.05, 3.63) is 65.5 Å². The Bertz CT molecular complexity index is 1110. The molecule has 9 heteroatoms. The van der Waals surface area contributed by atoms with Gasteiger partial charge in [0.25, 0.3) is 5.91 Å². The van der Waals surface area contributed by atoms with Crippen molar-refractivity contribution in [1.29, 1.82) is 0 Å². The summed E-state index contributed by atoms with van der Waals surface area (Å²) >= 11 is 0. The maximum atomic E-state index is 14.4. The molecule has 4 rings (SSSR count). The van der Waals surface area contributed by atoms with E-state index in [1.54, 1.807) is 17.0 Å². The Balaban J connectivity index is 1.58. The molecule has 1 fully saturated rings. The van der Waals surface area contributed by atoms with Crippen LogP contribution in [-0.4, -0.2) is 55.2 Å². The van der Waals surface area contributed by atoms with Gasteiger partial charge in [-0.25, -0.2) is 12.8 Å². The van der Waals surface area contributed by atoms with Crippen molar-refractivity contribution in [2.24, 2.45) is 0 Å². The lowest BCUT2D eigenvalue weighted by molar-refractivity contribution is -0.155. The molecule has 2 heterocycles. The fourth-order valence-electron chi connectivity index (χ4n) is 4.20. The van der Waals surface area contributed by atoms with Crippen LogP contribution in [0.15, 0.2) is 53.4 Å². The second-order valence-electron chi connectivity index (χ2n) is 8.02. The predicted octanol–water partition coefficient (Wildman–Crippen LogP) is 2.50. The zero-order valence-electron chi connectivity index (χ0n) is 17.6. The third-order valence-corrected chi connectivity index (χ3v) is 7.84. The standard InChI is InChI=1S/C23H25FN2O5S/c24-19-10-4-5-11-21(19)32(29,30)26-15-18-9-3-2-8-17(18)14-20(26)23(28)31-16-22(27)25-12-6-1-7-13-25/h2-5,8-11,20H,1,6-7,12-16H2/t20-/m1/s1. The molecule has 7 nitrogen and oxygen atoms in total. The van der Waals surface area contributed by atoms with Gasteiger partial charge in [0.2, 0.25) is 10.0 Å². The Hall–Kier alpha value is -2.78. The van der Waals surface area contributed by atoms with Crippen molar-refractivity contribution in [2.45, 2.75) is 43.2 Å². The van der Waals surface area contributed by atoms with Crippen LogP contribution >= 0.6 is 0 Å². The van der Waals surface area contributed by atoms with E-state index in [-0.39, 0.29) is 18.9 Å². The maximum absolute atomic E-state index is 14.4. The number of benzene rings is 2. The Morgan fingerprint density at radius 3 is 2.34 bits per heavy atom. The van der Waals surface area contributed by atoms with Crippen LogP contribution in [-0.2, 0) is 37.3 Å². The van der Waals surface area contributed by atoms with Crippen LogP contribution in [0.1, 0.15) is 30.4 Å². The highest BCUT2D eigenvalue weighted by Gasteiger charge is 2.41. The third kappa shape index (κ3) is 4.54. The lowest BCUT2D eigenvalue weighted by Gasteiger charge is -2.34. The van der Waals surface area contributed by atoms with Crippen molar-refractivity contribution in [2.75, 3.05) is 19.7 Å². The average molecular weight is 461 g/mol. The van der Waals surface area contributed by atoms with Crippen molar-refractivity contribution in [1.82, 2.24) is 9.21 Å². The van der Waals surface area contributed by atoms with E-state index < -0.39 is 39.4 Å². The number of hydrogen-bond donors (Lipinski definition) is 0. The van der Waals surface area contributed by atoms with Gasteiger partial charge in [-0.1, -0.05) is 36.4 Å². The molecule has 170 valence electrons. The molecule has 2 aromatic carbocycles. The Morgan fingerprint density at radius 2 is 1.62 bits per heavy atom. The smallest absolute Gasteiger partial charge is 0.325 e. The number of halogens is 1. The predicted molar refractivity (Wildman–Crippen MR) is 114 cm³/mol.